The van der Waals surface area contributed by atoms with Crippen LogP contribution in [0, 0.1) is 0 Å². The first-order valence-electron chi connectivity index (χ1n) is 5.23. The summed E-state index contributed by atoms with van der Waals surface area (Å²) in [6, 6.07) is 3.04. The predicted octanol–water partition coefficient (Wildman–Crippen LogP) is 1.47. The van der Waals surface area contributed by atoms with Crippen molar-refractivity contribution in [3.63, 3.8) is 0 Å². The number of β-amino-alcohol motifs (C(OH)–C–C–N with tert-alkyl or cyclic N) is 1. The summed E-state index contributed by atoms with van der Waals surface area (Å²) in [5.74, 6) is 0. The molecule has 94 valence electrons. The van der Waals surface area contributed by atoms with Gasteiger partial charge in [-0.3, -0.25) is 0 Å². The van der Waals surface area contributed by atoms with Crippen molar-refractivity contribution in [1.29, 1.82) is 0 Å². The Kier molecular flexibility index (Phi) is 2.79. The molecule has 0 bridgehead atoms. The monoisotopic (exact) mass is 246 g/mol. The van der Waals surface area contributed by atoms with Crippen molar-refractivity contribution < 1.29 is 18.3 Å². The molecule has 1 fully saturated rings. The highest BCUT2D eigenvalue weighted by molar-refractivity contribution is 5.52. The molecule has 1 atom stereocenters. The third-order valence-electron chi connectivity index (χ3n) is 3.01. The van der Waals surface area contributed by atoms with Crippen LogP contribution in [0.5, 0.6) is 0 Å². The van der Waals surface area contributed by atoms with Crippen molar-refractivity contribution in [3.8, 4) is 0 Å². The lowest BCUT2D eigenvalue weighted by atomic mass is 9.90. The van der Waals surface area contributed by atoms with Gasteiger partial charge in [0.05, 0.1) is 5.56 Å². The predicted molar refractivity (Wildman–Crippen MR) is 57.2 cm³/mol. The number of benzene rings is 1. The van der Waals surface area contributed by atoms with E-state index in [4.69, 9.17) is 5.73 Å². The average Bonchev–Trinajstić information content (AvgIpc) is 2.65. The van der Waals surface area contributed by atoms with Crippen LogP contribution < -0.4 is 11.1 Å². The number of nitrogen functional groups attached to an aromatic ring is 1. The molecule has 2 rings (SSSR count). The number of nitrogens with two attached hydrogens (primary N) is 1. The van der Waals surface area contributed by atoms with Gasteiger partial charge in [0, 0.05) is 17.8 Å². The van der Waals surface area contributed by atoms with E-state index >= 15 is 0 Å². The Labute approximate surface area is 96.4 Å². The number of anilines is 1. The standard InChI is InChI=1S/C11H13F3N2O/c12-11(13,14)7-1-2-9(15)8(5-7)10(17)3-4-16-6-10/h1-2,5,16-17H,3-4,6,15H2. The fourth-order valence-corrected chi connectivity index (χ4v) is 2.04. The number of hydrogen-bond donors (Lipinski definition) is 3. The topological polar surface area (TPSA) is 58.3 Å². The summed E-state index contributed by atoms with van der Waals surface area (Å²) in [7, 11) is 0. The highest BCUT2D eigenvalue weighted by Crippen LogP contribution is 2.37. The number of nitrogens with one attached hydrogen (secondary N) is 1. The van der Waals surface area contributed by atoms with Gasteiger partial charge in [0.1, 0.15) is 5.60 Å². The highest BCUT2D eigenvalue weighted by atomic mass is 19.4. The second-order valence-electron chi connectivity index (χ2n) is 4.26. The molecule has 1 aliphatic rings. The summed E-state index contributed by atoms with van der Waals surface area (Å²) in [6.07, 6.45) is -4.07. The van der Waals surface area contributed by atoms with Crippen LogP contribution in [-0.2, 0) is 11.8 Å². The summed E-state index contributed by atoms with van der Waals surface area (Å²) < 4.78 is 37.7. The number of rotatable bonds is 1. The smallest absolute Gasteiger partial charge is 0.398 e. The summed E-state index contributed by atoms with van der Waals surface area (Å²) in [5, 5.41) is 13.1. The van der Waals surface area contributed by atoms with Crippen molar-refractivity contribution in [1.82, 2.24) is 5.32 Å². The van der Waals surface area contributed by atoms with E-state index in [0.717, 1.165) is 12.1 Å². The van der Waals surface area contributed by atoms with Crippen molar-refractivity contribution in [2.24, 2.45) is 0 Å². The minimum Gasteiger partial charge on any atom is -0.398 e. The van der Waals surface area contributed by atoms with Gasteiger partial charge in [0.15, 0.2) is 0 Å². The lowest BCUT2D eigenvalue weighted by Gasteiger charge is -2.24. The van der Waals surface area contributed by atoms with E-state index in [1.54, 1.807) is 0 Å². The Bertz CT molecular complexity index is 425. The molecule has 0 spiro atoms. The van der Waals surface area contributed by atoms with Crippen molar-refractivity contribution >= 4 is 5.69 Å². The van der Waals surface area contributed by atoms with Crippen LogP contribution in [0.15, 0.2) is 18.2 Å². The lowest BCUT2D eigenvalue weighted by molar-refractivity contribution is -0.137. The van der Waals surface area contributed by atoms with Gasteiger partial charge in [0.2, 0.25) is 0 Å². The molecule has 0 aromatic heterocycles. The molecule has 0 saturated carbocycles. The maximum Gasteiger partial charge on any atom is 0.416 e. The van der Waals surface area contributed by atoms with E-state index in [0.29, 0.717) is 13.0 Å². The second-order valence-corrected chi connectivity index (χ2v) is 4.26. The molecule has 1 saturated heterocycles. The van der Waals surface area contributed by atoms with Crippen LogP contribution in [0.4, 0.5) is 18.9 Å². The molecule has 1 aliphatic heterocycles. The maximum absolute atomic E-state index is 12.6. The molecular formula is C11H13F3N2O. The van der Waals surface area contributed by atoms with Gasteiger partial charge in [-0.25, -0.2) is 0 Å². The van der Waals surface area contributed by atoms with Gasteiger partial charge in [-0.05, 0) is 31.2 Å². The van der Waals surface area contributed by atoms with Crippen LogP contribution in [0.1, 0.15) is 17.5 Å². The maximum atomic E-state index is 12.6. The zero-order chi connectivity index (χ0) is 12.7. The van der Waals surface area contributed by atoms with Crippen LogP contribution in [-0.4, -0.2) is 18.2 Å². The Morgan fingerprint density at radius 1 is 1.35 bits per heavy atom. The largest absolute Gasteiger partial charge is 0.416 e. The minimum absolute atomic E-state index is 0.150. The normalized spacial score (nSPS) is 25.2. The number of alkyl halides is 3. The Morgan fingerprint density at radius 2 is 2.06 bits per heavy atom. The van der Waals surface area contributed by atoms with Crippen molar-refractivity contribution in [2.75, 3.05) is 18.8 Å². The third kappa shape index (κ3) is 2.23. The third-order valence-corrected chi connectivity index (χ3v) is 3.01. The van der Waals surface area contributed by atoms with Gasteiger partial charge in [0.25, 0.3) is 0 Å². The quantitative estimate of drug-likeness (QED) is 0.658. The Balaban J connectivity index is 2.46. The van der Waals surface area contributed by atoms with Crippen molar-refractivity contribution in [2.45, 2.75) is 18.2 Å². The van der Waals surface area contributed by atoms with E-state index in [-0.39, 0.29) is 17.8 Å². The molecule has 1 heterocycles. The molecule has 1 aromatic rings. The fraction of sp³-hybridized carbons (Fsp3) is 0.455. The number of halogens is 3. The SMILES string of the molecule is Nc1ccc(C(F)(F)F)cc1C1(O)CCNC1. The van der Waals surface area contributed by atoms with Crippen LogP contribution in [0.25, 0.3) is 0 Å². The molecule has 0 amide bonds. The number of hydrogen-bond acceptors (Lipinski definition) is 3. The average molecular weight is 246 g/mol. The van der Waals surface area contributed by atoms with E-state index < -0.39 is 17.3 Å². The molecule has 1 unspecified atom stereocenters. The molecule has 1 aromatic carbocycles. The van der Waals surface area contributed by atoms with Crippen LogP contribution in [0.2, 0.25) is 0 Å². The summed E-state index contributed by atoms with van der Waals surface area (Å²) in [5.41, 5.74) is 3.89. The summed E-state index contributed by atoms with van der Waals surface area (Å²) in [6.45, 7) is 0.782. The number of aliphatic hydroxyl groups is 1. The summed E-state index contributed by atoms with van der Waals surface area (Å²) in [4.78, 5) is 0. The molecule has 17 heavy (non-hydrogen) atoms. The molecule has 0 radical (unpaired) electrons. The van der Waals surface area contributed by atoms with E-state index in [1.807, 2.05) is 0 Å². The fourth-order valence-electron chi connectivity index (χ4n) is 2.04. The van der Waals surface area contributed by atoms with E-state index in [1.165, 1.54) is 6.07 Å². The molecule has 0 aliphatic carbocycles. The van der Waals surface area contributed by atoms with Gasteiger partial charge in [-0.2, -0.15) is 13.2 Å². The second kappa shape index (κ2) is 3.89. The van der Waals surface area contributed by atoms with Gasteiger partial charge >= 0.3 is 6.18 Å². The highest BCUT2D eigenvalue weighted by Gasteiger charge is 2.37. The first-order chi connectivity index (χ1) is 7.83. The van der Waals surface area contributed by atoms with Crippen molar-refractivity contribution in [3.05, 3.63) is 29.3 Å². The Hall–Kier alpha value is -1.27. The molecule has 3 nitrogen and oxygen atoms in total. The molecule has 4 N–H and O–H groups in total. The van der Waals surface area contributed by atoms with Gasteiger partial charge in [-0.15, -0.1) is 0 Å². The van der Waals surface area contributed by atoms with E-state index in [9.17, 15) is 18.3 Å². The van der Waals surface area contributed by atoms with Crippen LogP contribution >= 0.6 is 0 Å². The molecular weight excluding hydrogens is 233 g/mol. The van der Waals surface area contributed by atoms with E-state index in [2.05, 4.69) is 5.32 Å². The molecule has 6 heteroatoms. The minimum atomic E-state index is -4.43. The van der Waals surface area contributed by atoms with Crippen LogP contribution in [0.3, 0.4) is 0 Å². The zero-order valence-corrected chi connectivity index (χ0v) is 9.01. The van der Waals surface area contributed by atoms with Gasteiger partial charge < -0.3 is 16.2 Å². The zero-order valence-electron chi connectivity index (χ0n) is 9.01. The lowest BCUT2D eigenvalue weighted by Crippen LogP contribution is -2.29. The summed E-state index contributed by atoms with van der Waals surface area (Å²) >= 11 is 0. The first-order valence-corrected chi connectivity index (χ1v) is 5.23. The van der Waals surface area contributed by atoms with Gasteiger partial charge in [-0.1, -0.05) is 0 Å². The first kappa shape index (κ1) is 12.2. The Morgan fingerprint density at radius 3 is 2.59 bits per heavy atom.